The molecular weight excluding hydrogens is 354 g/mol. The van der Waals surface area contributed by atoms with Crippen molar-refractivity contribution in [3.05, 3.63) is 58.1 Å². The summed E-state index contributed by atoms with van der Waals surface area (Å²) in [7, 11) is 1.18. The number of hydrogen-bond acceptors (Lipinski definition) is 4. The van der Waals surface area contributed by atoms with E-state index in [0.29, 0.717) is 0 Å². The Morgan fingerprint density at radius 1 is 1.12 bits per heavy atom. The second kappa shape index (κ2) is 7.94. The standard InChI is InChI=1S/C17H15ClF2N2O3/c1-9-13(20)5-10(17(24)25-2)6-14(9)21-8-16(23)22-15-7-11(18)3-4-12(15)19/h3-7,21H,8H2,1-2H3,(H,22,23). The predicted octanol–water partition coefficient (Wildman–Crippen LogP) is 3.76. The Morgan fingerprint density at radius 2 is 1.84 bits per heavy atom. The Morgan fingerprint density at radius 3 is 2.52 bits per heavy atom. The van der Waals surface area contributed by atoms with Gasteiger partial charge in [-0.15, -0.1) is 0 Å². The number of carbonyl (C=O) groups excluding carboxylic acids is 2. The molecule has 0 fully saturated rings. The number of amides is 1. The molecule has 0 unspecified atom stereocenters. The molecule has 5 nitrogen and oxygen atoms in total. The van der Waals surface area contributed by atoms with E-state index < -0.39 is 23.5 Å². The quantitative estimate of drug-likeness (QED) is 0.788. The van der Waals surface area contributed by atoms with Crippen LogP contribution in [0.15, 0.2) is 30.3 Å². The van der Waals surface area contributed by atoms with Crippen molar-refractivity contribution in [1.29, 1.82) is 0 Å². The molecule has 8 heteroatoms. The van der Waals surface area contributed by atoms with E-state index in [4.69, 9.17) is 11.6 Å². The van der Waals surface area contributed by atoms with Crippen molar-refractivity contribution >= 4 is 34.9 Å². The van der Waals surface area contributed by atoms with Gasteiger partial charge in [0.2, 0.25) is 5.91 Å². The highest BCUT2D eigenvalue weighted by atomic mass is 35.5. The van der Waals surface area contributed by atoms with Crippen LogP contribution in [0.3, 0.4) is 0 Å². The zero-order valence-corrected chi connectivity index (χ0v) is 14.2. The average molecular weight is 369 g/mol. The number of hydrogen-bond donors (Lipinski definition) is 2. The Bertz CT molecular complexity index is 828. The van der Waals surface area contributed by atoms with Crippen LogP contribution in [0.2, 0.25) is 5.02 Å². The fourth-order valence-electron chi connectivity index (χ4n) is 2.06. The number of halogens is 3. The molecule has 0 radical (unpaired) electrons. The molecule has 0 spiro atoms. The van der Waals surface area contributed by atoms with Gasteiger partial charge in [0.05, 0.1) is 24.9 Å². The van der Waals surface area contributed by atoms with Crippen LogP contribution in [0.5, 0.6) is 0 Å². The van der Waals surface area contributed by atoms with Crippen LogP contribution in [0, 0.1) is 18.6 Å². The SMILES string of the molecule is COC(=O)c1cc(F)c(C)c(NCC(=O)Nc2cc(Cl)ccc2F)c1. The second-order valence-electron chi connectivity index (χ2n) is 5.15. The van der Waals surface area contributed by atoms with Gasteiger partial charge in [0, 0.05) is 16.3 Å². The molecule has 0 aliphatic heterocycles. The maximum absolute atomic E-state index is 13.9. The second-order valence-corrected chi connectivity index (χ2v) is 5.58. The summed E-state index contributed by atoms with van der Waals surface area (Å²) >= 11 is 5.75. The van der Waals surface area contributed by atoms with Gasteiger partial charge in [0.15, 0.2) is 0 Å². The summed E-state index contributed by atoms with van der Waals surface area (Å²) in [6.45, 7) is 1.23. The Labute approximate surface area is 147 Å². The highest BCUT2D eigenvalue weighted by Crippen LogP contribution is 2.22. The van der Waals surface area contributed by atoms with Crippen molar-refractivity contribution < 1.29 is 23.1 Å². The summed E-state index contributed by atoms with van der Waals surface area (Å²) in [4.78, 5) is 23.5. The number of nitrogens with one attached hydrogen (secondary N) is 2. The van der Waals surface area contributed by atoms with E-state index >= 15 is 0 Å². The summed E-state index contributed by atoms with van der Waals surface area (Å²) in [5.74, 6) is -2.52. The minimum Gasteiger partial charge on any atom is -0.465 e. The number of ether oxygens (including phenoxy) is 1. The third-order valence-corrected chi connectivity index (χ3v) is 3.64. The van der Waals surface area contributed by atoms with E-state index in [-0.39, 0.29) is 34.1 Å². The number of anilines is 2. The van der Waals surface area contributed by atoms with Crippen LogP contribution in [0.25, 0.3) is 0 Å². The van der Waals surface area contributed by atoms with Gasteiger partial charge in [-0.05, 0) is 37.3 Å². The summed E-state index contributed by atoms with van der Waals surface area (Å²) in [5.41, 5.74) is 0.427. The lowest BCUT2D eigenvalue weighted by Crippen LogP contribution is -2.23. The molecule has 0 aromatic heterocycles. The molecule has 132 valence electrons. The van der Waals surface area contributed by atoms with Gasteiger partial charge in [-0.1, -0.05) is 11.6 Å². The first-order valence-electron chi connectivity index (χ1n) is 7.19. The smallest absolute Gasteiger partial charge is 0.338 e. The minimum atomic E-state index is -0.701. The first kappa shape index (κ1) is 18.7. The molecule has 0 saturated heterocycles. The van der Waals surface area contributed by atoms with E-state index in [1.807, 2.05) is 0 Å². The number of rotatable bonds is 5. The highest BCUT2D eigenvalue weighted by Gasteiger charge is 2.14. The van der Waals surface area contributed by atoms with Crippen molar-refractivity contribution in [3.63, 3.8) is 0 Å². The van der Waals surface area contributed by atoms with Gasteiger partial charge < -0.3 is 15.4 Å². The number of methoxy groups -OCH3 is 1. The number of carbonyl (C=O) groups is 2. The third kappa shape index (κ3) is 4.67. The molecule has 0 atom stereocenters. The maximum Gasteiger partial charge on any atom is 0.338 e. The van der Waals surface area contributed by atoms with Gasteiger partial charge in [-0.25, -0.2) is 13.6 Å². The largest absolute Gasteiger partial charge is 0.465 e. The lowest BCUT2D eigenvalue weighted by Gasteiger charge is -2.12. The molecule has 0 aliphatic carbocycles. The monoisotopic (exact) mass is 368 g/mol. The predicted molar refractivity (Wildman–Crippen MR) is 91.0 cm³/mol. The Balaban J connectivity index is 2.10. The van der Waals surface area contributed by atoms with Crippen molar-refractivity contribution in [2.45, 2.75) is 6.92 Å². The molecule has 2 aromatic rings. The van der Waals surface area contributed by atoms with Crippen LogP contribution < -0.4 is 10.6 Å². The number of esters is 1. The minimum absolute atomic E-state index is 0.00870. The summed E-state index contributed by atoms with van der Waals surface area (Å²) in [5, 5.41) is 5.34. The molecule has 2 rings (SSSR count). The molecule has 25 heavy (non-hydrogen) atoms. The van der Waals surface area contributed by atoms with Gasteiger partial charge in [-0.3, -0.25) is 4.79 Å². The van der Waals surface area contributed by atoms with Gasteiger partial charge >= 0.3 is 5.97 Å². The zero-order valence-electron chi connectivity index (χ0n) is 13.5. The van der Waals surface area contributed by atoms with Crippen molar-refractivity contribution in [2.24, 2.45) is 0 Å². The van der Waals surface area contributed by atoms with E-state index in [2.05, 4.69) is 15.4 Å². The molecule has 0 heterocycles. The van der Waals surface area contributed by atoms with E-state index in [9.17, 15) is 18.4 Å². The first-order valence-corrected chi connectivity index (χ1v) is 7.57. The lowest BCUT2D eigenvalue weighted by molar-refractivity contribution is -0.114. The van der Waals surface area contributed by atoms with Crippen molar-refractivity contribution in [2.75, 3.05) is 24.3 Å². The Kier molecular flexibility index (Phi) is 5.93. The van der Waals surface area contributed by atoms with Crippen LogP contribution >= 0.6 is 11.6 Å². The molecule has 0 saturated carbocycles. The zero-order chi connectivity index (χ0) is 18.6. The van der Waals surface area contributed by atoms with Crippen molar-refractivity contribution in [1.82, 2.24) is 0 Å². The topological polar surface area (TPSA) is 67.4 Å². The summed E-state index contributed by atoms with van der Waals surface area (Å²) in [6.07, 6.45) is 0. The number of benzene rings is 2. The normalized spacial score (nSPS) is 10.3. The maximum atomic E-state index is 13.9. The summed E-state index contributed by atoms with van der Waals surface area (Å²) in [6, 6.07) is 6.18. The lowest BCUT2D eigenvalue weighted by atomic mass is 10.1. The van der Waals surface area contributed by atoms with Crippen LogP contribution in [0.1, 0.15) is 15.9 Å². The average Bonchev–Trinajstić information content (AvgIpc) is 2.58. The van der Waals surface area contributed by atoms with E-state index in [0.717, 1.165) is 12.1 Å². The highest BCUT2D eigenvalue weighted by molar-refractivity contribution is 6.30. The van der Waals surface area contributed by atoms with Gasteiger partial charge in [0.25, 0.3) is 0 Å². The Hall–Kier alpha value is -2.67. The molecule has 2 aromatic carbocycles. The fourth-order valence-corrected chi connectivity index (χ4v) is 2.23. The molecular formula is C17H15ClF2N2O3. The molecule has 2 N–H and O–H groups in total. The summed E-state index contributed by atoms with van der Waals surface area (Å²) < 4.78 is 32.0. The first-order chi connectivity index (χ1) is 11.8. The van der Waals surface area contributed by atoms with Crippen LogP contribution in [-0.2, 0) is 9.53 Å². The van der Waals surface area contributed by atoms with Crippen LogP contribution in [0.4, 0.5) is 20.2 Å². The van der Waals surface area contributed by atoms with E-state index in [1.54, 1.807) is 0 Å². The fraction of sp³-hybridized carbons (Fsp3) is 0.176. The molecule has 0 aliphatic rings. The van der Waals surface area contributed by atoms with Crippen molar-refractivity contribution in [3.8, 4) is 0 Å². The van der Waals surface area contributed by atoms with Crippen LogP contribution in [-0.4, -0.2) is 25.5 Å². The third-order valence-electron chi connectivity index (χ3n) is 3.41. The van der Waals surface area contributed by atoms with E-state index in [1.165, 1.54) is 32.2 Å². The molecule has 0 bridgehead atoms. The van der Waals surface area contributed by atoms with Gasteiger partial charge in [0.1, 0.15) is 11.6 Å². The van der Waals surface area contributed by atoms with Gasteiger partial charge in [-0.2, -0.15) is 0 Å². The molecule has 1 amide bonds.